The van der Waals surface area contributed by atoms with Gasteiger partial charge in [-0.1, -0.05) is 70.7 Å². The Morgan fingerprint density at radius 1 is 1.14 bits per heavy atom. The van der Waals surface area contributed by atoms with Crippen LogP contribution >= 0.6 is 34.8 Å². The zero-order valence-corrected chi connectivity index (χ0v) is 14.2. The first kappa shape index (κ1) is 16.7. The number of carbonyl (C=O) groups excluding carboxylic acids is 1. The summed E-state index contributed by atoms with van der Waals surface area (Å²) in [7, 11) is 0. The molecule has 0 aliphatic heterocycles. The molecule has 5 heteroatoms. The van der Waals surface area contributed by atoms with Gasteiger partial charge in [0, 0.05) is 5.70 Å². The van der Waals surface area contributed by atoms with Crippen LogP contribution in [0, 0.1) is 0 Å². The predicted molar refractivity (Wildman–Crippen MR) is 88.5 cm³/mol. The Morgan fingerprint density at radius 2 is 1.76 bits per heavy atom. The molecule has 0 bridgehead atoms. The first-order chi connectivity index (χ1) is 9.89. The van der Waals surface area contributed by atoms with Crippen molar-refractivity contribution in [1.82, 2.24) is 4.90 Å². The van der Waals surface area contributed by atoms with E-state index >= 15 is 0 Å². The van der Waals surface area contributed by atoms with E-state index in [4.69, 9.17) is 34.8 Å². The number of halogens is 3. The quantitative estimate of drug-likeness (QED) is 0.686. The Kier molecular flexibility index (Phi) is 5.59. The second kappa shape index (κ2) is 7.04. The zero-order chi connectivity index (χ0) is 15.5. The van der Waals surface area contributed by atoms with E-state index < -0.39 is 9.70 Å². The highest BCUT2D eigenvalue weighted by atomic mass is 35.6. The van der Waals surface area contributed by atoms with Crippen LogP contribution in [0.15, 0.2) is 41.6 Å². The molecule has 1 aromatic rings. The number of carbonyl (C=O) groups is 1. The summed E-state index contributed by atoms with van der Waals surface area (Å²) in [4.78, 5) is 14.1. The first-order valence-corrected chi connectivity index (χ1v) is 8.14. The van der Waals surface area contributed by atoms with Gasteiger partial charge in [-0.25, -0.2) is 0 Å². The van der Waals surface area contributed by atoms with Crippen molar-refractivity contribution >= 4 is 40.7 Å². The van der Waals surface area contributed by atoms with Crippen LogP contribution in [0.2, 0.25) is 0 Å². The lowest BCUT2D eigenvalue weighted by atomic mass is 9.96. The molecule has 0 saturated carbocycles. The summed E-state index contributed by atoms with van der Waals surface area (Å²) in [5, 5.41) is 0. The summed E-state index contributed by atoms with van der Waals surface area (Å²) in [5.41, 5.74) is 3.23. The topological polar surface area (TPSA) is 20.3 Å². The number of nitrogens with zero attached hydrogens (tertiary/aromatic N) is 1. The van der Waals surface area contributed by atoms with E-state index in [1.807, 2.05) is 30.3 Å². The third kappa shape index (κ3) is 4.38. The summed E-state index contributed by atoms with van der Waals surface area (Å²) in [5.74, 6) is -0.479. The van der Waals surface area contributed by atoms with E-state index in [-0.39, 0.29) is 0 Å². The van der Waals surface area contributed by atoms with Crippen molar-refractivity contribution in [3.8, 4) is 0 Å². The maximum Gasteiger partial charge on any atom is 0.279 e. The van der Waals surface area contributed by atoms with Crippen LogP contribution in [0.5, 0.6) is 0 Å². The van der Waals surface area contributed by atoms with Gasteiger partial charge in [-0.15, -0.1) is 0 Å². The smallest absolute Gasteiger partial charge is 0.279 e. The van der Waals surface area contributed by atoms with Gasteiger partial charge in [0.1, 0.15) is 0 Å². The standard InChI is InChI=1S/C16H18Cl3NO/c1-12-7-5-6-10-14(12)20(15(21)16(17,18)19)11-13-8-3-2-4-9-13/h2-4,8-9H,5-7,10-11H2,1H3. The maximum absolute atomic E-state index is 12.5. The second-order valence-corrected chi connectivity index (χ2v) is 7.59. The Morgan fingerprint density at radius 3 is 2.33 bits per heavy atom. The number of rotatable bonds is 3. The third-order valence-corrected chi connectivity index (χ3v) is 4.19. The summed E-state index contributed by atoms with van der Waals surface area (Å²) in [6.07, 6.45) is 4.06. The molecule has 2 rings (SSSR count). The van der Waals surface area contributed by atoms with E-state index in [1.54, 1.807) is 4.90 Å². The van der Waals surface area contributed by atoms with Gasteiger partial charge in [-0.2, -0.15) is 0 Å². The van der Waals surface area contributed by atoms with Crippen LogP contribution < -0.4 is 0 Å². The molecule has 0 aromatic heterocycles. The van der Waals surface area contributed by atoms with Gasteiger partial charge in [0.2, 0.25) is 0 Å². The lowest BCUT2D eigenvalue weighted by Gasteiger charge is -2.32. The Balaban J connectivity index is 2.33. The SMILES string of the molecule is CC1=C(N(Cc2ccccc2)C(=O)C(Cl)(Cl)Cl)CCCC1. The largest absolute Gasteiger partial charge is 0.308 e. The fourth-order valence-corrected chi connectivity index (χ4v) is 2.92. The molecule has 0 heterocycles. The van der Waals surface area contributed by atoms with Gasteiger partial charge in [0.05, 0.1) is 6.54 Å². The predicted octanol–water partition coefficient (Wildman–Crippen LogP) is 5.23. The normalized spacial score (nSPS) is 16.0. The lowest BCUT2D eigenvalue weighted by Crippen LogP contribution is -2.39. The number of allylic oxidation sites excluding steroid dienone is 2. The molecule has 0 N–H and O–H groups in total. The highest BCUT2D eigenvalue weighted by molar-refractivity contribution is 6.76. The molecule has 0 spiro atoms. The molecule has 1 aromatic carbocycles. The molecule has 114 valence electrons. The molecular weight excluding hydrogens is 329 g/mol. The van der Waals surface area contributed by atoms with E-state index in [9.17, 15) is 4.79 Å². The number of alkyl halides is 3. The number of benzene rings is 1. The Labute approximate surface area is 140 Å². The van der Waals surface area contributed by atoms with Gasteiger partial charge in [0.25, 0.3) is 9.70 Å². The van der Waals surface area contributed by atoms with Gasteiger partial charge < -0.3 is 4.90 Å². The van der Waals surface area contributed by atoms with Crippen molar-refractivity contribution in [2.45, 2.75) is 42.9 Å². The van der Waals surface area contributed by atoms with Crippen molar-refractivity contribution in [1.29, 1.82) is 0 Å². The van der Waals surface area contributed by atoms with Crippen LogP contribution in [0.3, 0.4) is 0 Å². The molecular formula is C16H18Cl3NO. The van der Waals surface area contributed by atoms with E-state index in [2.05, 4.69) is 6.92 Å². The molecule has 1 aliphatic carbocycles. The van der Waals surface area contributed by atoms with Crippen LogP contribution in [-0.4, -0.2) is 14.6 Å². The van der Waals surface area contributed by atoms with Crippen LogP contribution in [0.1, 0.15) is 38.2 Å². The van der Waals surface area contributed by atoms with Gasteiger partial charge >= 0.3 is 0 Å². The number of amides is 1. The van der Waals surface area contributed by atoms with E-state index in [1.165, 1.54) is 5.57 Å². The minimum absolute atomic E-state index is 0.431. The molecule has 1 aliphatic rings. The maximum atomic E-state index is 12.5. The average molecular weight is 347 g/mol. The molecule has 0 radical (unpaired) electrons. The van der Waals surface area contributed by atoms with Gasteiger partial charge in [-0.05, 0) is 38.2 Å². The van der Waals surface area contributed by atoms with Crippen molar-refractivity contribution in [2.75, 3.05) is 0 Å². The summed E-state index contributed by atoms with van der Waals surface area (Å²) >= 11 is 17.5. The van der Waals surface area contributed by atoms with Crippen LogP contribution in [0.25, 0.3) is 0 Å². The molecule has 1 amide bonds. The van der Waals surface area contributed by atoms with Gasteiger partial charge in [0.15, 0.2) is 0 Å². The summed E-state index contributed by atoms with van der Waals surface area (Å²) in [6.45, 7) is 2.48. The lowest BCUT2D eigenvalue weighted by molar-refractivity contribution is -0.129. The van der Waals surface area contributed by atoms with E-state index in [0.29, 0.717) is 6.54 Å². The van der Waals surface area contributed by atoms with E-state index in [0.717, 1.165) is 36.9 Å². The van der Waals surface area contributed by atoms with Crippen molar-refractivity contribution < 1.29 is 4.79 Å². The van der Waals surface area contributed by atoms with Crippen LogP contribution in [0.4, 0.5) is 0 Å². The highest BCUT2D eigenvalue weighted by Gasteiger charge is 2.37. The monoisotopic (exact) mass is 345 g/mol. The molecule has 0 saturated heterocycles. The van der Waals surface area contributed by atoms with Gasteiger partial charge in [-0.3, -0.25) is 4.79 Å². The van der Waals surface area contributed by atoms with Crippen molar-refractivity contribution in [3.63, 3.8) is 0 Å². The minimum atomic E-state index is -1.93. The summed E-state index contributed by atoms with van der Waals surface area (Å²) in [6, 6.07) is 9.76. The average Bonchev–Trinajstić information content (AvgIpc) is 2.45. The molecule has 21 heavy (non-hydrogen) atoms. The fraction of sp³-hybridized carbons (Fsp3) is 0.438. The Bertz CT molecular complexity index is 534. The van der Waals surface area contributed by atoms with Crippen molar-refractivity contribution in [3.05, 3.63) is 47.2 Å². The number of hydrogen-bond acceptors (Lipinski definition) is 1. The van der Waals surface area contributed by atoms with Crippen LogP contribution in [-0.2, 0) is 11.3 Å². The summed E-state index contributed by atoms with van der Waals surface area (Å²) < 4.78 is -1.93. The minimum Gasteiger partial charge on any atom is -0.308 e. The Hall–Kier alpha value is -0.700. The van der Waals surface area contributed by atoms with Crippen molar-refractivity contribution in [2.24, 2.45) is 0 Å². The zero-order valence-electron chi connectivity index (χ0n) is 11.9. The number of hydrogen-bond donors (Lipinski definition) is 0. The third-order valence-electron chi connectivity index (χ3n) is 3.70. The highest BCUT2D eigenvalue weighted by Crippen LogP contribution is 2.35. The molecule has 2 nitrogen and oxygen atoms in total. The molecule has 0 unspecified atom stereocenters. The molecule has 0 fully saturated rings. The first-order valence-electron chi connectivity index (χ1n) is 7.01. The molecule has 0 atom stereocenters. The second-order valence-electron chi connectivity index (χ2n) is 5.31. The fourth-order valence-electron chi connectivity index (χ4n) is 2.61.